The molecule has 0 aliphatic carbocycles. The second-order valence-corrected chi connectivity index (χ2v) is 2.41. The molecule has 0 unspecified atom stereocenters. The molecule has 2 aromatic rings. The highest BCUT2D eigenvalue weighted by atomic mass is 35.5. The smallest absolute Gasteiger partial charge is 0.336 e. The van der Waals surface area contributed by atoms with E-state index < -0.39 is 5.63 Å². The van der Waals surface area contributed by atoms with Crippen molar-refractivity contribution in [2.45, 2.75) is 0 Å². The monoisotopic (exact) mass is 170 g/mol. The highest BCUT2D eigenvalue weighted by Crippen LogP contribution is 2.09. The minimum Gasteiger partial charge on any atom is -0.336 e. The number of hydrogen-bond acceptors (Lipinski definition) is 3. The lowest BCUT2D eigenvalue weighted by Crippen LogP contribution is -1.90. The van der Waals surface area contributed by atoms with Crippen LogP contribution >= 0.6 is 11.6 Å². The van der Waals surface area contributed by atoms with E-state index in [-0.39, 0.29) is 0 Å². The van der Waals surface area contributed by atoms with Crippen LogP contribution in [0.25, 0.3) is 11.0 Å². The molecule has 0 saturated heterocycles. The summed E-state index contributed by atoms with van der Waals surface area (Å²) >= 11 is 5.55. The van der Waals surface area contributed by atoms with Gasteiger partial charge in [-0.25, -0.2) is 9.78 Å². The van der Waals surface area contributed by atoms with E-state index in [1.165, 1.54) is 6.07 Å². The fraction of sp³-hybridized carbons (Fsp3) is 0. The first-order valence-corrected chi connectivity index (χ1v) is 3.29. The number of rotatable bonds is 0. The van der Waals surface area contributed by atoms with Crippen LogP contribution in [0.1, 0.15) is 0 Å². The van der Waals surface area contributed by atoms with Gasteiger partial charge in [-0.2, -0.15) is 5.16 Å². The largest absolute Gasteiger partial charge is 0.366 e. The number of H-pyrrole nitrogens is 1. The molecule has 0 radical (unpaired) electrons. The summed E-state index contributed by atoms with van der Waals surface area (Å²) in [5, 5.41) is 3.09. The van der Waals surface area contributed by atoms with Crippen molar-refractivity contribution in [3.8, 4) is 0 Å². The molecule has 5 heteroatoms. The molecule has 0 saturated carbocycles. The van der Waals surface area contributed by atoms with Crippen LogP contribution in [0.15, 0.2) is 21.5 Å². The van der Waals surface area contributed by atoms with Gasteiger partial charge in [-0.15, -0.1) is 0 Å². The Labute approximate surface area is 65.8 Å². The molecule has 0 bridgehead atoms. The maximum Gasteiger partial charge on any atom is 0.366 e. The molecule has 0 aromatic carbocycles. The van der Waals surface area contributed by atoms with Crippen molar-refractivity contribution >= 4 is 22.6 Å². The van der Waals surface area contributed by atoms with E-state index in [0.717, 1.165) is 0 Å². The van der Waals surface area contributed by atoms with Gasteiger partial charge in [-0.1, -0.05) is 11.6 Å². The Balaban J connectivity index is 2.97. The summed E-state index contributed by atoms with van der Waals surface area (Å²) in [7, 11) is 0. The lowest BCUT2D eigenvalue weighted by molar-refractivity contribution is 0.398. The molecular weight excluding hydrogens is 168 g/mol. The first-order chi connectivity index (χ1) is 5.27. The van der Waals surface area contributed by atoms with E-state index >= 15 is 0 Å². The van der Waals surface area contributed by atoms with Crippen LogP contribution in [-0.4, -0.2) is 10.1 Å². The molecule has 2 aromatic heterocycles. The van der Waals surface area contributed by atoms with Crippen molar-refractivity contribution in [3.05, 3.63) is 27.7 Å². The molecule has 0 fully saturated rings. The fourth-order valence-electron chi connectivity index (χ4n) is 0.828. The second kappa shape index (κ2) is 2.10. The molecule has 2 rings (SSSR count). The number of nitrogens with one attached hydrogen (secondary N) is 1. The topological polar surface area (TPSA) is 58.9 Å². The molecule has 0 aliphatic rings. The molecule has 1 N–H and O–H groups in total. The van der Waals surface area contributed by atoms with Gasteiger partial charge in [0.05, 0.1) is 0 Å². The summed E-state index contributed by atoms with van der Waals surface area (Å²) in [5.74, 6) is 0. The van der Waals surface area contributed by atoms with Gasteiger partial charge in [0.15, 0.2) is 5.65 Å². The van der Waals surface area contributed by atoms with Crippen molar-refractivity contribution in [3.63, 3.8) is 0 Å². The molecule has 0 aliphatic heterocycles. The normalized spacial score (nSPS) is 10.6. The minimum atomic E-state index is -0.427. The van der Waals surface area contributed by atoms with Gasteiger partial charge >= 0.3 is 5.63 Å². The zero-order chi connectivity index (χ0) is 7.84. The quantitative estimate of drug-likeness (QED) is 0.604. The maximum absolute atomic E-state index is 10.8. The summed E-state index contributed by atoms with van der Waals surface area (Å²) in [4.78, 5) is 14.6. The van der Waals surface area contributed by atoms with Gasteiger partial charge in [0, 0.05) is 0 Å². The number of pyridine rings is 1. The zero-order valence-electron chi connectivity index (χ0n) is 5.30. The highest BCUT2D eigenvalue weighted by molar-refractivity contribution is 6.29. The van der Waals surface area contributed by atoms with E-state index in [1.807, 2.05) is 0 Å². The highest BCUT2D eigenvalue weighted by Gasteiger charge is 2.02. The van der Waals surface area contributed by atoms with Crippen LogP contribution < -0.4 is 5.63 Å². The predicted molar refractivity (Wildman–Crippen MR) is 39.6 cm³/mol. The summed E-state index contributed by atoms with van der Waals surface area (Å²) in [6.45, 7) is 0. The number of aromatic nitrogens is 2. The Hall–Kier alpha value is -1.29. The number of fused-ring (bicyclic) bond motifs is 1. The third-order valence-corrected chi connectivity index (χ3v) is 1.53. The molecule has 0 atom stereocenters. The molecule has 56 valence electrons. The van der Waals surface area contributed by atoms with Crippen molar-refractivity contribution < 1.29 is 4.52 Å². The van der Waals surface area contributed by atoms with Crippen LogP contribution in [0.3, 0.4) is 0 Å². The summed E-state index contributed by atoms with van der Waals surface area (Å²) in [6, 6.07) is 3.10. The lowest BCUT2D eigenvalue weighted by Gasteiger charge is -1.84. The third-order valence-electron chi connectivity index (χ3n) is 1.32. The van der Waals surface area contributed by atoms with Gasteiger partial charge in [0.25, 0.3) is 0 Å². The van der Waals surface area contributed by atoms with Crippen LogP contribution in [0.2, 0.25) is 5.15 Å². The summed E-state index contributed by atoms with van der Waals surface area (Å²) < 4.78 is 4.47. The first kappa shape index (κ1) is 6.42. The van der Waals surface area contributed by atoms with Crippen molar-refractivity contribution in [1.82, 2.24) is 10.1 Å². The Bertz CT molecular complexity index is 445. The van der Waals surface area contributed by atoms with E-state index in [4.69, 9.17) is 11.6 Å². The average Bonchev–Trinajstić information content (AvgIpc) is 2.32. The van der Waals surface area contributed by atoms with Gasteiger partial charge < -0.3 is 4.52 Å². The molecular formula is C6H3ClN2O2. The van der Waals surface area contributed by atoms with Gasteiger partial charge in [0.2, 0.25) is 0 Å². The minimum absolute atomic E-state index is 0.328. The fourth-order valence-corrected chi connectivity index (χ4v) is 0.975. The Morgan fingerprint density at radius 3 is 3.18 bits per heavy atom. The first-order valence-electron chi connectivity index (χ1n) is 2.91. The number of hydrogen-bond donors (Lipinski definition) is 1. The van der Waals surface area contributed by atoms with E-state index in [9.17, 15) is 4.79 Å². The summed E-state index contributed by atoms with van der Waals surface area (Å²) in [6.07, 6.45) is 0. The Kier molecular flexibility index (Phi) is 1.22. The molecule has 4 nitrogen and oxygen atoms in total. The van der Waals surface area contributed by atoms with E-state index in [1.54, 1.807) is 6.07 Å². The van der Waals surface area contributed by atoms with Gasteiger partial charge in [-0.3, -0.25) is 0 Å². The van der Waals surface area contributed by atoms with Crippen molar-refractivity contribution in [2.24, 2.45) is 0 Å². The van der Waals surface area contributed by atoms with Crippen LogP contribution in [0.5, 0.6) is 0 Å². The van der Waals surface area contributed by atoms with Crippen molar-refractivity contribution in [1.29, 1.82) is 0 Å². The summed E-state index contributed by atoms with van der Waals surface area (Å²) in [5.41, 5.74) is -0.0494. The standard InChI is InChI=1S/C6H3ClN2O2/c7-4-2-1-3-5(8-4)9-11-6(3)10/h1-2H,(H,8,9). The maximum atomic E-state index is 10.8. The lowest BCUT2D eigenvalue weighted by atomic mass is 10.4. The molecule has 11 heavy (non-hydrogen) atoms. The van der Waals surface area contributed by atoms with E-state index in [0.29, 0.717) is 16.2 Å². The Morgan fingerprint density at radius 1 is 1.55 bits per heavy atom. The number of halogens is 1. The third kappa shape index (κ3) is 0.914. The molecule has 2 heterocycles. The SMILES string of the molecule is O=c1o[nH]c2nc(Cl)ccc12. The van der Waals surface area contributed by atoms with Crippen LogP contribution in [0, 0.1) is 0 Å². The molecule has 0 spiro atoms. The van der Waals surface area contributed by atoms with Crippen LogP contribution in [0.4, 0.5) is 0 Å². The molecule has 0 amide bonds. The van der Waals surface area contributed by atoms with Crippen LogP contribution in [-0.2, 0) is 0 Å². The Morgan fingerprint density at radius 2 is 2.36 bits per heavy atom. The van der Waals surface area contributed by atoms with Crippen molar-refractivity contribution in [2.75, 3.05) is 0 Å². The zero-order valence-corrected chi connectivity index (χ0v) is 6.05. The predicted octanol–water partition coefficient (Wildman–Crippen LogP) is 1.17. The van der Waals surface area contributed by atoms with Gasteiger partial charge in [0.1, 0.15) is 10.5 Å². The second-order valence-electron chi connectivity index (χ2n) is 2.02. The number of aromatic amines is 1. The van der Waals surface area contributed by atoms with E-state index in [2.05, 4.69) is 14.7 Å². The number of nitrogens with zero attached hydrogens (tertiary/aromatic N) is 1. The van der Waals surface area contributed by atoms with Gasteiger partial charge in [-0.05, 0) is 12.1 Å². The average molecular weight is 171 g/mol.